The highest BCUT2D eigenvalue weighted by Gasteiger charge is 2.26. The van der Waals surface area contributed by atoms with Crippen LogP contribution in [0.5, 0.6) is 0 Å². The van der Waals surface area contributed by atoms with Crippen molar-refractivity contribution in [2.75, 3.05) is 13.2 Å². The molecule has 1 N–H and O–H groups in total. The van der Waals surface area contributed by atoms with Crippen molar-refractivity contribution in [1.82, 2.24) is 5.32 Å². The molecule has 2 nitrogen and oxygen atoms in total. The third-order valence-corrected chi connectivity index (χ3v) is 1.78. The van der Waals surface area contributed by atoms with Crippen molar-refractivity contribution in [1.29, 1.82) is 0 Å². The summed E-state index contributed by atoms with van der Waals surface area (Å²) in [6.07, 6.45) is 2.22. The average molecular weight is 114 g/mol. The zero-order valence-corrected chi connectivity index (χ0v) is 5.24. The molecule has 0 aromatic heterocycles. The SMILES string of the molecule is C[C@]1(C[O])CCCN1. The van der Waals surface area contributed by atoms with E-state index in [1.54, 1.807) is 0 Å². The van der Waals surface area contributed by atoms with Crippen LogP contribution < -0.4 is 5.32 Å². The van der Waals surface area contributed by atoms with Crippen LogP contribution in [-0.4, -0.2) is 18.7 Å². The van der Waals surface area contributed by atoms with Gasteiger partial charge in [0.1, 0.15) is 6.61 Å². The molecule has 1 aliphatic heterocycles. The molecule has 0 aromatic rings. The summed E-state index contributed by atoms with van der Waals surface area (Å²) in [5, 5.41) is 13.6. The fourth-order valence-corrected chi connectivity index (χ4v) is 1.08. The minimum Gasteiger partial charge on any atom is -0.309 e. The number of hydrogen-bond donors (Lipinski definition) is 1. The molecular weight excluding hydrogens is 102 g/mol. The van der Waals surface area contributed by atoms with Gasteiger partial charge in [-0.2, -0.15) is 0 Å². The molecule has 0 amide bonds. The summed E-state index contributed by atoms with van der Waals surface area (Å²) in [6.45, 7) is 3.04. The molecule has 1 fully saturated rings. The van der Waals surface area contributed by atoms with E-state index >= 15 is 0 Å². The number of nitrogens with one attached hydrogen (secondary N) is 1. The molecule has 47 valence electrons. The Morgan fingerprint density at radius 3 is 2.75 bits per heavy atom. The largest absolute Gasteiger partial charge is 0.309 e. The number of hydrogen-bond acceptors (Lipinski definition) is 1. The first-order chi connectivity index (χ1) is 3.77. The van der Waals surface area contributed by atoms with E-state index < -0.39 is 0 Å². The quantitative estimate of drug-likeness (QED) is 0.530. The maximum atomic E-state index is 10.4. The lowest BCUT2D eigenvalue weighted by atomic mass is 10.0. The van der Waals surface area contributed by atoms with Crippen LogP contribution in [0.1, 0.15) is 19.8 Å². The van der Waals surface area contributed by atoms with Crippen molar-refractivity contribution in [3.05, 3.63) is 0 Å². The molecular formula is C6H12NO. The molecule has 8 heavy (non-hydrogen) atoms. The van der Waals surface area contributed by atoms with Gasteiger partial charge in [0.15, 0.2) is 0 Å². The minimum absolute atomic E-state index is 0.0208. The Morgan fingerprint density at radius 2 is 2.50 bits per heavy atom. The van der Waals surface area contributed by atoms with E-state index in [-0.39, 0.29) is 12.1 Å². The van der Waals surface area contributed by atoms with E-state index in [9.17, 15) is 5.11 Å². The maximum absolute atomic E-state index is 10.4. The van der Waals surface area contributed by atoms with Crippen molar-refractivity contribution >= 4 is 0 Å². The van der Waals surface area contributed by atoms with Crippen molar-refractivity contribution in [3.63, 3.8) is 0 Å². The second-order valence-corrected chi connectivity index (χ2v) is 2.74. The molecule has 0 saturated carbocycles. The summed E-state index contributed by atoms with van der Waals surface area (Å²) in [4.78, 5) is 0. The Hall–Kier alpha value is -0.0800. The molecule has 0 spiro atoms. The zero-order valence-electron chi connectivity index (χ0n) is 5.24. The second kappa shape index (κ2) is 2.03. The molecule has 2 heteroatoms. The summed E-state index contributed by atoms with van der Waals surface area (Å²) in [5.74, 6) is 0. The van der Waals surface area contributed by atoms with Crippen LogP contribution >= 0.6 is 0 Å². The summed E-state index contributed by atoms with van der Waals surface area (Å²) < 4.78 is 0. The molecule has 1 rings (SSSR count). The lowest BCUT2D eigenvalue weighted by molar-refractivity contribution is 0.120. The minimum atomic E-state index is -0.0694. The Morgan fingerprint density at radius 1 is 1.75 bits per heavy atom. The molecule has 0 unspecified atom stereocenters. The van der Waals surface area contributed by atoms with Gasteiger partial charge >= 0.3 is 0 Å². The normalized spacial score (nSPS) is 38.2. The van der Waals surface area contributed by atoms with E-state index in [4.69, 9.17) is 0 Å². The van der Waals surface area contributed by atoms with Crippen LogP contribution in [0.25, 0.3) is 0 Å². The first-order valence-corrected chi connectivity index (χ1v) is 3.10. The van der Waals surface area contributed by atoms with Gasteiger partial charge in [0.25, 0.3) is 0 Å². The van der Waals surface area contributed by atoms with Gasteiger partial charge in [-0.15, -0.1) is 0 Å². The molecule has 0 aliphatic carbocycles. The lowest BCUT2D eigenvalue weighted by Crippen LogP contribution is -2.39. The van der Waals surface area contributed by atoms with Crippen LogP contribution in [-0.2, 0) is 5.11 Å². The first-order valence-electron chi connectivity index (χ1n) is 3.10. The monoisotopic (exact) mass is 114 g/mol. The molecule has 1 saturated heterocycles. The van der Waals surface area contributed by atoms with Crippen molar-refractivity contribution < 1.29 is 5.11 Å². The smallest absolute Gasteiger partial charge is 0.100 e. The molecule has 1 atom stereocenters. The fraction of sp³-hybridized carbons (Fsp3) is 1.00. The van der Waals surface area contributed by atoms with Gasteiger partial charge in [0, 0.05) is 5.54 Å². The van der Waals surface area contributed by atoms with Crippen LogP contribution in [0, 0.1) is 0 Å². The van der Waals surface area contributed by atoms with Gasteiger partial charge in [0.05, 0.1) is 0 Å². The van der Waals surface area contributed by atoms with Gasteiger partial charge < -0.3 is 5.32 Å². The standard InChI is InChI=1S/C6H12NO/c1-6(5-8)3-2-4-7-6/h7H,2-5H2,1H3/t6-/m1/s1. The maximum Gasteiger partial charge on any atom is 0.100 e. The Labute approximate surface area is 49.9 Å². The van der Waals surface area contributed by atoms with E-state index in [0.29, 0.717) is 0 Å². The Bertz CT molecular complexity index is 76.6. The van der Waals surface area contributed by atoms with Gasteiger partial charge in [0.2, 0.25) is 0 Å². The topological polar surface area (TPSA) is 31.9 Å². The van der Waals surface area contributed by atoms with Crippen LogP contribution in [0.2, 0.25) is 0 Å². The summed E-state index contributed by atoms with van der Waals surface area (Å²) >= 11 is 0. The Kier molecular flexibility index (Phi) is 1.54. The molecule has 1 radical (unpaired) electrons. The first kappa shape index (κ1) is 6.05. The zero-order chi connectivity index (χ0) is 6.04. The van der Waals surface area contributed by atoms with E-state index in [0.717, 1.165) is 13.0 Å². The molecule has 1 heterocycles. The van der Waals surface area contributed by atoms with Gasteiger partial charge in [-0.05, 0) is 26.3 Å². The van der Waals surface area contributed by atoms with E-state index in [1.807, 2.05) is 6.92 Å². The van der Waals surface area contributed by atoms with Crippen LogP contribution in [0.15, 0.2) is 0 Å². The lowest BCUT2D eigenvalue weighted by Gasteiger charge is -2.18. The highest BCUT2D eigenvalue weighted by atomic mass is 16.3. The Balaban J connectivity index is 2.40. The highest BCUT2D eigenvalue weighted by molar-refractivity contribution is 4.87. The third kappa shape index (κ3) is 1.01. The summed E-state index contributed by atoms with van der Waals surface area (Å²) in [6, 6.07) is 0. The van der Waals surface area contributed by atoms with Gasteiger partial charge in [-0.25, -0.2) is 5.11 Å². The number of rotatable bonds is 1. The highest BCUT2D eigenvalue weighted by Crippen LogP contribution is 2.16. The second-order valence-electron chi connectivity index (χ2n) is 2.74. The van der Waals surface area contributed by atoms with E-state index in [1.165, 1.54) is 6.42 Å². The molecule has 0 bridgehead atoms. The predicted octanol–water partition coefficient (Wildman–Crippen LogP) is 0.559. The van der Waals surface area contributed by atoms with Crippen molar-refractivity contribution in [2.45, 2.75) is 25.3 Å². The predicted molar refractivity (Wildman–Crippen MR) is 31.2 cm³/mol. The summed E-state index contributed by atoms with van der Waals surface area (Å²) in [5.41, 5.74) is -0.0694. The van der Waals surface area contributed by atoms with Gasteiger partial charge in [-0.3, -0.25) is 0 Å². The van der Waals surface area contributed by atoms with Crippen molar-refractivity contribution in [3.8, 4) is 0 Å². The summed E-state index contributed by atoms with van der Waals surface area (Å²) in [7, 11) is 0. The molecule has 1 aliphatic rings. The van der Waals surface area contributed by atoms with E-state index in [2.05, 4.69) is 5.32 Å². The third-order valence-electron chi connectivity index (χ3n) is 1.78. The van der Waals surface area contributed by atoms with Crippen molar-refractivity contribution in [2.24, 2.45) is 0 Å². The fourth-order valence-electron chi connectivity index (χ4n) is 1.08. The molecule has 0 aromatic carbocycles. The van der Waals surface area contributed by atoms with Crippen LogP contribution in [0.3, 0.4) is 0 Å². The average Bonchev–Trinajstić information content (AvgIpc) is 2.17. The van der Waals surface area contributed by atoms with Gasteiger partial charge in [-0.1, -0.05) is 0 Å². The van der Waals surface area contributed by atoms with Crippen LogP contribution in [0.4, 0.5) is 0 Å².